The zero-order chi connectivity index (χ0) is 21.4. The maximum absolute atomic E-state index is 13.2. The molecule has 1 N–H and O–H groups in total. The molecule has 3 aromatic rings. The molecule has 4 rings (SSSR count). The summed E-state index contributed by atoms with van der Waals surface area (Å²) < 4.78 is 7.41. The summed E-state index contributed by atoms with van der Waals surface area (Å²) in [4.78, 5) is 39.0. The van der Waals surface area contributed by atoms with Gasteiger partial charge in [0.25, 0.3) is 11.8 Å². The minimum absolute atomic E-state index is 0.0945. The van der Waals surface area contributed by atoms with Gasteiger partial charge in [-0.3, -0.25) is 14.9 Å². The molecule has 30 heavy (non-hydrogen) atoms. The number of ether oxygens (including phenoxy) is 1. The summed E-state index contributed by atoms with van der Waals surface area (Å²) in [6.07, 6.45) is 1.56. The van der Waals surface area contributed by atoms with Gasteiger partial charge < -0.3 is 9.30 Å². The lowest BCUT2D eigenvalue weighted by Gasteiger charge is -2.26. The normalized spacial score (nSPS) is 15.8. The summed E-state index contributed by atoms with van der Waals surface area (Å²) in [5.41, 5.74) is 2.93. The third-order valence-corrected chi connectivity index (χ3v) is 5.24. The van der Waals surface area contributed by atoms with Crippen LogP contribution in [0.5, 0.6) is 5.75 Å². The van der Waals surface area contributed by atoms with Gasteiger partial charge in [0.1, 0.15) is 11.3 Å². The van der Waals surface area contributed by atoms with Crippen LogP contribution in [0.4, 0.5) is 10.5 Å². The SMILES string of the molecule is CCOc1ccc(N2C(=O)NC(=O)/C(=C/c3c(C)n(C)c4ccccc34)C2=O)cc1. The van der Waals surface area contributed by atoms with Crippen LogP contribution in [0.2, 0.25) is 0 Å². The molecule has 1 saturated heterocycles. The van der Waals surface area contributed by atoms with Gasteiger partial charge in [0.05, 0.1) is 12.3 Å². The van der Waals surface area contributed by atoms with Crippen molar-refractivity contribution in [2.75, 3.05) is 11.5 Å². The Balaban J connectivity index is 1.77. The molecule has 0 radical (unpaired) electrons. The van der Waals surface area contributed by atoms with Crippen molar-refractivity contribution in [3.8, 4) is 5.75 Å². The van der Waals surface area contributed by atoms with Crippen molar-refractivity contribution in [3.05, 3.63) is 65.4 Å². The molecule has 2 heterocycles. The Morgan fingerprint density at radius 3 is 2.43 bits per heavy atom. The number of hydrogen-bond donors (Lipinski definition) is 1. The van der Waals surface area contributed by atoms with Crippen LogP contribution in [-0.2, 0) is 16.6 Å². The third kappa shape index (κ3) is 3.14. The topological polar surface area (TPSA) is 80.6 Å². The Hall–Kier alpha value is -3.87. The van der Waals surface area contributed by atoms with E-state index in [-0.39, 0.29) is 5.57 Å². The van der Waals surface area contributed by atoms with Crippen LogP contribution in [0, 0.1) is 6.92 Å². The minimum atomic E-state index is -0.777. The molecule has 7 heteroatoms. The first-order valence-corrected chi connectivity index (χ1v) is 9.60. The van der Waals surface area contributed by atoms with Gasteiger partial charge in [-0.05, 0) is 50.3 Å². The molecule has 0 saturated carbocycles. The van der Waals surface area contributed by atoms with Crippen LogP contribution in [0.15, 0.2) is 54.1 Å². The lowest BCUT2D eigenvalue weighted by Crippen LogP contribution is -2.54. The number of para-hydroxylation sites is 1. The second-order valence-corrected chi connectivity index (χ2v) is 6.96. The van der Waals surface area contributed by atoms with Crippen molar-refractivity contribution in [3.63, 3.8) is 0 Å². The number of barbiturate groups is 1. The second kappa shape index (κ2) is 7.51. The highest BCUT2D eigenvalue weighted by Gasteiger charge is 2.37. The van der Waals surface area contributed by atoms with Gasteiger partial charge in [0.15, 0.2) is 0 Å². The first-order chi connectivity index (χ1) is 14.4. The number of fused-ring (bicyclic) bond motifs is 1. The number of carbonyl (C=O) groups excluding carboxylic acids is 3. The monoisotopic (exact) mass is 403 g/mol. The lowest BCUT2D eigenvalue weighted by molar-refractivity contribution is -0.122. The molecule has 0 bridgehead atoms. The molecule has 1 fully saturated rings. The summed E-state index contributed by atoms with van der Waals surface area (Å²) in [5, 5.41) is 3.19. The highest BCUT2D eigenvalue weighted by molar-refractivity contribution is 6.39. The molecule has 0 spiro atoms. The predicted octanol–water partition coefficient (Wildman–Crippen LogP) is 3.55. The van der Waals surface area contributed by atoms with Gasteiger partial charge in [-0.1, -0.05) is 18.2 Å². The van der Waals surface area contributed by atoms with E-state index in [2.05, 4.69) is 5.32 Å². The van der Waals surface area contributed by atoms with E-state index in [0.717, 1.165) is 27.1 Å². The smallest absolute Gasteiger partial charge is 0.335 e. The van der Waals surface area contributed by atoms with Gasteiger partial charge in [-0.15, -0.1) is 0 Å². The number of aromatic nitrogens is 1. The number of nitrogens with zero attached hydrogens (tertiary/aromatic N) is 2. The van der Waals surface area contributed by atoms with Crippen molar-refractivity contribution < 1.29 is 19.1 Å². The molecule has 4 amide bonds. The molecule has 152 valence electrons. The van der Waals surface area contributed by atoms with Crippen molar-refractivity contribution >= 4 is 40.5 Å². The number of benzene rings is 2. The Bertz CT molecular complexity index is 1210. The van der Waals surface area contributed by atoms with E-state index in [4.69, 9.17) is 4.74 Å². The Morgan fingerprint density at radius 1 is 1.03 bits per heavy atom. The molecular weight excluding hydrogens is 382 g/mol. The quantitative estimate of drug-likeness (QED) is 0.534. The van der Waals surface area contributed by atoms with Gasteiger partial charge in [0.2, 0.25) is 0 Å². The van der Waals surface area contributed by atoms with Crippen molar-refractivity contribution in [1.82, 2.24) is 9.88 Å². The second-order valence-electron chi connectivity index (χ2n) is 6.96. The van der Waals surface area contributed by atoms with E-state index in [1.807, 2.05) is 49.7 Å². The fraction of sp³-hybridized carbons (Fsp3) is 0.174. The van der Waals surface area contributed by atoms with Gasteiger partial charge in [-0.2, -0.15) is 0 Å². The number of aryl methyl sites for hydroxylation is 1. The summed E-state index contributed by atoms with van der Waals surface area (Å²) in [6, 6.07) is 13.5. The number of nitrogens with one attached hydrogen (secondary N) is 1. The van der Waals surface area contributed by atoms with Crippen LogP contribution in [0.3, 0.4) is 0 Å². The van der Waals surface area contributed by atoms with E-state index in [9.17, 15) is 14.4 Å². The number of hydrogen-bond acceptors (Lipinski definition) is 4. The van der Waals surface area contributed by atoms with Crippen molar-refractivity contribution in [1.29, 1.82) is 0 Å². The minimum Gasteiger partial charge on any atom is -0.494 e. The predicted molar refractivity (Wildman–Crippen MR) is 114 cm³/mol. The third-order valence-electron chi connectivity index (χ3n) is 5.24. The van der Waals surface area contributed by atoms with Gasteiger partial charge >= 0.3 is 6.03 Å². The molecule has 1 aromatic heterocycles. The molecule has 7 nitrogen and oxygen atoms in total. The highest BCUT2D eigenvalue weighted by atomic mass is 16.5. The maximum atomic E-state index is 13.2. The number of anilines is 1. The van der Waals surface area contributed by atoms with Gasteiger partial charge in [0, 0.05) is 29.2 Å². The zero-order valence-electron chi connectivity index (χ0n) is 16.9. The summed E-state index contributed by atoms with van der Waals surface area (Å²) >= 11 is 0. The first-order valence-electron chi connectivity index (χ1n) is 9.60. The summed E-state index contributed by atoms with van der Waals surface area (Å²) in [6.45, 7) is 4.30. The molecule has 0 unspecified atom stereocenters. The standard InChI is InChI=1S/C23H21N3O4/c1-4-30-16-11-9-15(10-12-16)26-22(28)19(21(27)24-23(26)29)13-18-14(2)25(3)20-8-6-5-7-17(18)20/h5-13H,4H2,1-3H3,(H,24,27,29)/b19-13-. The van der Waals surface area contributed by atoms with Gasteiger partial charge in [-0.25, -0.2) is 9.69 Å². The number of carbonyl (C=O) groups is 3. The Morgan fingerprint density at radius 2 is 1.73 bits per heavy atom. The van der Waals surface area contributed by atoms with E-state index in [0.29, 0.717) is 18.0 Å². The van der Waals surface area contributed by atoms with E-state index in [1.165, 1.54) is 0 Å². The molecular formula is C23H21N3O4. The average Bonchev–Trinajstić information content (AvgIpc) is 2.97. The van der Waals surface area contributed by atoms with Crippen LogP contribution >= 0.6 is 0 Å². The van der Waals surface area contributed by atoms with Crippen LogP contribution in [0.25, 0.3) is 17.0 Å². The fourth-order valence-electron chi connectivity index (χ4n) is 3.63. The van der Waals surface area contributed by atoms with Crippen LogP contribution < -0.4 is 15.0 Å². The average molecular weight is 403 g/mol. The molecule has 1 aliphatic heterocycles. The molecule has 0 aliphatic carbocycles. The summed E-state index contributed by atoms with van der Waals surface area (Å²) in [7, 11) is 1.93. The highest BCUT2D eigenvalue weighted by Crippen LogP contribution is 2.29. The Labute approximate surface area is 173 Å². The maximum Gasteiger partial charge on any atom is 0.335 e. The van der Waals surface area contributed by atoms with E-state index < -0.39 is 17.8 Å². The number of urea groups is 1. The van der Waals surface area contributed by atoms with Crippen LogP contribution in [0.1, 0.15) is 18.2 Å². The van der Waals surface area contributed by atoms with Crippen LogP contribution in [-0.4, -0.2) is 29.0 Å². The van der Waals surface area contributed by atoms with E-state index in [1.54, 1.807) is 30.3 Å². The molecule has 0 atom stereocenters. The number of imide groups is 2. The molecule has 1 aliphatic rings. The lowest BCUT2D eigenvalue weighted by atomic mass is 10.0. The Kier molecular flexibility index (Phi) is 4.87. The largest absolute Gasteiger partial charge is 0.494 e. The summed E-state index contributed by atoms with van der Waals surface area (Å²) in [5.74, 6) is -0.746. The molecule has 2 aromatic carbocycles. The number of rotatable bonds is 4. The first kappa shape index (κ1) is 19.4. The number of amides is 4. The fourth-order valence-corrected chi connectivity index (χ4v) is 3.63. The zero-order valence-corrected chi connectivity index (χ0v) is 16.9. The van der Waals surface area contributed by atoms with Crippen molar-refractivity contribution in [2.45, 2.75) is 13.8 Å². The van der Waals surface area contributed by atoms with E-state index >= 15 is 0 Å². The van der Waals surface area contributed by atoms with Crippen molar-refractivity contribution in [2.24, 2.45) is 7.05 Å².